The van der Waals surface area contributed by atoms with Crippen LogP contribution in [0.4, 0.5) is 0 Å². The molecule has 0 saturated heterocycles. The first kappa shape index (κ1) is 51.2. The lowest BCUT2D eigenvalue weighted by Gasteiger charge is -2.26. The van der Waals surface area contributed by atoms with E-state index in [0.29, 0.717) is 12.8 Å². The van der Waals surface area contributed by atoms with Gasteiger partial charge >= 0.3 is 0 Å². The quantitative estimate of drug-likeness (QED) is 0.0349. The Hall–Kier alpha value is -5.79. The predicted octanol–water partition coefficient (Wildman–Crippen LogP) is -8.18. The van der Waals surface area contributed by atoms with Crippen LogP contribution in [0.1, 0.15) is 44.6 Å². The van der Waals surface area contributed by atoms with Gasteiger partial charge in [-0.1, -0.05) is 30.3 Å². The molecule has 0 radical (unpaired) electrons. The Morgan fingerprint density at radius 3 is 1.63 bits per heavy atom. The van der Waals surface area contributed by atoms with Crippen LogP contribution in [-0.2, 0) is 49.6 Å². The number of hydrogen-bond donors (Lipinski definition) is 15. The number of nitrogens with two attached hydrogens (primary N) is 4. The van der Waals surface area contributed by atoms with Crippen LogP contribution in [-0.4, -0.2) is 155 Å². The van der Waals surface area contributed by atoms with E-state index < -0.39 is 128 Å². The van der Waals surface area contributed by atoms with Crippen molar-refractivity contribution < 1.29 is 63.6 Å². The summed E-state index contributed by atoms with van der Waals surface area (Å²) in [5, 5.41) is 54.7. The molecule has 19 N–H and O–H groups in total. The van der Waals surface area contributed by atoms with Crippen LogP contribution in [0.5, 0.6) is 0 Å². The highest BCUT2D eigenvalue weighted by Crippen LogP contribution is 2.05. The van der Waals surface area contributed by atoms with Crippen LogP contribution in [0.2, 0.25) is 0 Å². The van der Waals surface area contributed by atoms with Crippen molar-refractivity contribution in [2.75, 3.05) is 32.9 Å². The van der Waals surface area contributed by atoms with Gasteiger partial charge < -0.3 is 80.6 Å². The van der Waals surface area contributed by atoms with Crippen molar-refractivity contribution in [1.29, 1.82) is 0 Å². The zero-order valence-corrected chi connectivity index (χ0v) is 32.6. The van der Waals surface area contributed by atoms with E-state index in [9.17, 15) is 58.5 Å². The van der Waals surface area contributed by atoms with E-state index in [1.807, 2.05) is 0 Å². The number of nitrogens with one attached hydrogen (secondary N) is 7. The molecule has 0 heterocycles. The number of primary amides is 2. The Labute approximate surface area is 339 Å². The van der Waals surface area contributed by atoms with Crippen LogP contribution >= 0.6 is 0 Å². The fourth-order valence-electron chi connectivity index (χ4n) is 5.04. The lowest BCUT2D eigenvalue weighted by Crippen LogP contribution is -2.62. The molecule has 0 saturated carbocycles. The summed E-state index contributed by atoms with van der Waals surface area (Å²) in [4.78, 5) is 112. The lowest BCUT2D eigenvalue weighted by molar-refractivity contribution is -0.137. The molecule has 24 nitrogen and oxygen atoms in total. The second-order valence-corrected chi connectivity index (χ2v) is 13.4. The molecule has 0 bridgehead atoms. The highest BCUT2D eigenvalue weighted by atomic mass is 16.3. The van der Waals surface area contributed by atoms with Gasteiger partial charge in [0.05, 0.1) is 32.3 Å². The number of aliphatic hydroxyl groups is 4. The van der Waals surface area contributed by atoms with Crippen LogP contribution < -0.4 is 60.2 Å². The van der Waals surface area contributed by atoms with E-state index in [2.05, 4.69) is 37.2 Å². The summed E-state index contributed by atoms with van der Waals surface area (Å²) in [5.74, 6) is -8.34. The highest BCUT2D eigenvalue weighted by Gasteiger charge is 2.34. The van der Waals surface area contributed by atoms with Crippen molar-refractivity contribution in [2.24, 2.45) is 22.9 Å². The maximum atomic E-state index is 13.0. The van der Waals surface area contributed by atoms with Crippen LogP contribution in [0, 0.1) is 0 Å². The van der Waals surface area contributed by atoms with Crippen LogP contribution in [0.25, 0.3) is 0 Å². The third kappa shape index (κ3) is 19.5. The molecule has 0 aliphatic rings. The number of benzene rings is 1. The van der Waals surface area contributed by atoms with Gasteiger partial charge in [0.1, 0.15) is 42.3 Å². The Kier molecular flexibility index (Phi) is 23.4. The fourth-order valence-corrected chi connectivity index (χ4v) is 5.04. The molecule has 1 aromatic rings. The highest BCUT2D eigenvalue weighted by molar-refractivity contribution is 5.97. The Balaban J connectivity index is 2.68. The molecule has 8 atom stereocenters. The number of amides is 9. The van der Waals surface area contributed by atoms with Crippen molar-refractivity contribution in [1.82, 2.24) is 37.2 Å². The molecule has 1 aromatic carbocycles. The van der Waals surface area contributed by atoms with Crippen molar-refractivity contribution in [2.45, 2.75) is 93.8 Å². The Morgan fingerprint density at radius 1 is 0.610 bits per heavy atom. The summed E-state index contributed by atoms with van der Waals surface area (Å²) >= 11 is 0. The third-order valence-electron chi connectivity index (χ3n) is 8.44. The summed E-state index contributed by atoms with van der Waals surface area (Å²) in [7, 11) is 0. The van der Waals surface area contributed by atoms with Crippen molar-refractivity contribution in [3.8, 4) is 0 Å². The zero-order valence-electron chi connectivity index (χ0n) is 32.6. The van der Waals surface area contributed by atoms with E-state index in [1.54, 1.807) is 30.3 Å². The molecule has 330 valence electrons. The molecular formula is C35H57N11O13. The molecule has 24 heteroatoms. The second-order valence-electron chi connectivity index (χ2n) is 13.4. The maximum Gasteiger partial charge on any atom is 0.245 e. The number of aliphatic hydroxyl groups excluding tert-OH is 4. The average Bonchev–Trinajstić information content (AvgIpc) is 3.19. The van der Waals surface area contributed by atoms with Gasteiger partial charge in [-0.3, -0.25) is 43.2 Å². The SMILES string of the molecule is C[C@@H](O)[C@H](NC(=O)[C@H](CC(N)=O)NC(=O)[C@@H](N)CO)C(=O)N[C@@H](CO)C(=O)NC(CCC(=O)NCCCCNC(=O)C(Cc1ccccc1)NC(=O)C(N)CO)C(N)=O. The number of carbonyl (C=O) groups is 9. The summed E-state index contributed by atoms with van der Waals surface area (Å²) in [5.41, 5.74) is 22.3. The monoisotopic (exact) mass is 839 g/mol. The summed E-state index contributed by atoms with van der Waals surface area (Å²) in [6.45, 7) is -0.999. The minimum Gasteiger partial charge on any atom is -0.394 e. The fraction of sp³-hybridized carbons (Fsp3) is 0.571. The first-order valence-electron chi connectivity index (χ1n) is 18.5. The minimum absolute atomic E-state index is 0.170. The van der Waals surface area contributed by atoms with Gasteiger partial charge in [-0.15, -0.1) is 0 Å². The van der Waals surface area contributed by atoms with Crippen LogP contribution in [0.15, 0.2) is 30.3 Å². The van der Waals surface area contributed by atoms with Gasteiger partial charge in [-0.2, -0.15) is 0 Å². The maximum absolute atomic E-state index is 13.0. The number of unbranched alkanes of at least 4 members (excludes halogenated alkanes) is 1. The van der Waals surface area contributed by atoms with Gasteiger partial charge in [-0.05, 0) is 31.7 Å². The van der Waals surface area contributed by atoms with E-state index in [4.69, 9.17) is 28.0 Å². The lowest BCUT2D eigenvalue weighted by atomic mass is 10.0. The first-order valence-corrected chi connectivity index (χ1v) is 18.5. The molecular weight excluding hydrogens is 782 g/mol. The molecule has 0 aliphatic heterocycles. The number of hydrogen-bond acceptors (Lipinski definition) is 15. The normalized spacial score (nSPS) is 15.0. The third-order valence-corrected chi connectivity index (χ3v) is 8.44. The Bertz CT molecular complexity index is 1590. The van der Waals surface area contributed by atoms with E-state index >= 15 is 0 Å². The number of rotatable bonds is 28. The van der Waals surface area contributed by atoms with Crippen molar-refractivity contribution in [3.63, 3.8) is 0 Å². The topological polar surface area (TPSA) is 423 Å². The smallest absolute Gasteiger partial charge is 0.245 e. The van der Waals surface area contributed by atoms with Gasteiger partial charge in [0.25, 0.3) is 0 Å². The summed E-state index contributed by atoms with van der Waals surface area (Å²) < 4.78 is 0. The largest absolute Gasteiger partial charge is 0.394 e. The van der Waals surface area contributed by atoms with Crippen LogP contribution in [0.3, 0.4) is 0 Å². The molecule has 1 rings (SSSR count). The first-order chi connectivity index (χ1) is 27.8. The van der Waals surface area contributed by atoms with Crippen molar-refractivity contribution >= 4 is 53.2 Å². The van der Waals surface area contributed by atoms with E-state index in [-0.39, 0.29) is 32.4 Å². The molecule has 0 spiro atoms. The molecule has 9 amide bonds. The predicted molar refractivity (Wildman–Crippen MR) is 206 cm³/mol. The average molecular weight is 840 g/mol. The second kappa shape index (κ2) is 27.0. The molecule has 59 heavy (non-hydrogen) atoms. The van der Waals surface area contributed by atoms with E-state index in [1.165, 1.54) is 0 Å². The molecule has 3 unspecified atom stereocenters. The van der Waals surface area contributed by atoms with Gasteiger partial charge in [0.15, 0.2) is 0 Å². The standard InChI is InChI=1S/C35H57N11O13/c1-18(50)28(46-33(57)24(14-26(38)51)44-31(55)21(37)16-48)35(59)45-25(17-49)34(58)42-22(29(39)53)9-10-27(52)40-11-5-6-12-41-32(56)23(43-30(54)20(36)15-47)13-19-7-3-2-4-8-19/h2-4,7-8,18,20-25,28,47-50H,5-6,9-17,36-37H2,1H3,(H2,38,51)(H2,39,53)(H,40,52)(H,41,56)(H,42,58)(H,43,54)(H,44,55)(H,45,59)(H,46,57)/t18-,20?,21+,22?,23?,24+,25+,28+/m1/s1. The Morgan fingerprint density at radius 2 is 1.12 bits per heavy atom. The summed E-state index contributed by atoms with van der Waals surface area (Å²) in [6.07, 6.45) is -1.98. The minimum atomic E-state index is -1.82. The van der Waals surface area contributed by atoms with Gasteiger partial charge in [0, 0.05) is 25.9 Å². The van der Waals surface area contributed by atoms with E-state index in [0.717, 1.165) is 12.5 Å². The van der Waals surface area contributed by atoms with Gasteiger partial charge in [0.2, 0.25) is 53.2 Å². The zero-order chi connectivity index (χ0) is 44.7. The molecule has 0 aliphatic carbocycles. The molecule has 0 aromatic heterocycles. The molecule has 0 fully saturated rings. The van der Waals surface area contributed by atoms with Gasteiger partial charge in [-0.25, -0.2) is 0 Å². The number of carbonyl (C=O) groups excluding carboxylic acids is 9. The van der Waals surface area contributed by atoms with Crippen molar-refractivity contribution in [3.05, 3.63) is 35.9 Å². The summed E-state index contributed by atoms with van der Waals surface area (Å²) in [6, 6.07) is -1.43.